The summed E-state index contributed by atoms with van der Waals surface area (Å²) in [6.45, 7) is 2.11. The zero-order valence-corrected chi connectivity index (χ0v) is 11.7. The van der Waals surface area contributed by atoms with Gasteiger partial charge in [-0.2, -0.15) is 0 Å². The van der Waals surface area contributed by atoms with Crippen molar-refractivity contribution in [3.63, 3.8) is 0 Å². The highest BCUT2D eigenvalue weighted by atomic mass is 35.5. The van der Waals surface area contributed by atoms with Crippen molar-refractivity contribution in [2.75, 3.05) is 0 Å². The Balaban J connectivity index is 1.75. The quantitative estimate of drug-likeness (QED) is 0.704. The van der Waals surface area contributed by atoms with Gasteiger partial charge in [-0.05, 0) is 31.4 Å². The standard InChI is InChI=1S/C16H21ClO/c1-12-7-3-4-8-13(12)18-15-11-14(17)16(15)9-5-2-6-10-16/h3-4,7-8,14-15H,2,5-6,9-11H2,1H3. The lowest BCUT2D eigenvalue weighted by molar-refractivity contribution is -0.0653. The Bertz CT molecular complexity index is 423. The van der Waals surface area contributed by atoms with Gasteiger partial charge in [0.2, 0.25) is 0 Å². The Morgan fingerprint density at radius 2 is 1.89 bits per heavy atom. The van der Waals surface area contributed by atoms with Gasteiger partial charge in [-0.15, -0.1) is 11.6 Å². The van der Waals surface area contributed by atoms with Crippen LogP contribution in [0.4, 0.5) is 0 Å². The van der Waals surface area contributed by atoms with E-state index in [2.05, 4.69) is 25.1 Å². The first kappa shape index (κ1) is 12.3. The molecule has 0 amide bonds. The van der Waals surface area contributed by atoms with Gasteiger partial charge < -0.3 is 4.74 Å². The van der Waals surface area contributed by atoms with Gasteiger partial charge in [0.1, 0.15) is 11.9 Å². The fraction of sp³-hybridized carbons (Fsp3) is 0.625. The third-order valence-electron chi connectivity index (χ3n) is 4.83. The molecule has 3 rings (SSSR count). The number of hydrogen-bond acceptors (Lipinski definition) is 1. The molecule has 0 bridgehead atoms. The van der Waals surface area contributed by atoms with Crippen LogP contribution in [0.5, 0.6) is 5.75 Å². The molecule has 0 radical (unpaired) electrons. The Morgan fingerprint density at radius 3 is 2.56 bits per heavy atom. The Morgan fingerprint density at radius 1 is 1.17 bits per heavy atom. The number of halogens is 1. The van der Waals surface area contributed by atoms with E-state index in [0.717, 1.165) is 12.2 Å². The van der Waals surface area contributed by atoms with Crippen LogP contribution in [-0.2, 0) is 0 Å². The number of benzene rings is 1. The number of ether oxygens (including phenoxy) is 1. The van der Waals surface area contributed by atoms with Gasteiger partial charge in [-0.3, -0.25) is 0 Å². The lowest BCUT2D eigenvalue weighted by atomic mass is 9.58. The van der Waals surface area contributed by atoms with Crippen molar-refractivity contribution < 1.29 is 4.74 Å². The van der Waals surface area contributed by atoms with E-state index in [1.165, 1.54) is 37.7 Å². The monoisotopic (exact) mass is 264 g/mol. The number of para-hydroxylation sites is 1. The van der Waals surface area contributed by atoms with E-state index >= 15 is 0 Å². The minimum absolute atomic E-state index is 0.266. The van der Waals surface area contributed by atoms with Crippen LogP contribution in [0.1, 0.15) is 44.1 Å². The fourth-order valence-corrected chi connectivity index (χ4v) is 4.07. The van der Waals surface area contributed by atoms with Crippen LogP contribution in [0.3, 0.4) is 0 Å². The maximum atomic E-state index is 6.51. The molecule has 18 heavy (non-hydrogen) atoms. The number of rotatable bonds is 2. The second-order valence-corrected chi connectivity index (χ2v) is 6.40. The van der Waals surface area contributed by atoms with Crippen molar-refractivity contribution >= 4 is 11.6 Å². The minimum Gasteiger partial charge on any atom is -0.489 e. The first-order chi connectivity index (χ1) is 8.72. The van der Waals surface area contributed by atoms with E-state index in [1.54, 1.807) is 0 Å². The van der Waals surface area contributed by atoms with Crippen LogP contribution in [0.15, 0.2) is 24.3 Å². The largest absolute Gasteiger partial charge is 0.489 e. The van der Waals surface area contributed by atoms with Gasteiger partial charge in [0.15, 0.2) is 0 Å². The summed E-state index contributed by atoms with van der Waals surface area (Å²) in [5, 5.41) is 0.326. The molecule has 2 aliphatic carbocycles. The number of alkyl halides is 1. The molecule has 0 N–H and O–H groups in total. The van der Waals surface area contributed by atoms with Gasteiger partial charge in [0, 0.05) is 17.2 Å². The van der Waals surface area contributed by atoms with E-state index in [1.807, 2.05) is 6.07 Å². The predicted octanol–water partition coefficient (Wildman–Crippen LogP) is 4.70. The normalized spacial score (nSPS) is 29.9. The predicted molar refractivity (Wildman–Crippen MR) is 75.4 cm³/mol. The third-order valence-corrected chi connectivity index (χ3v) is 5.45. The van der Waals surface area contributed by atoms with Crippen LogP contribution in [-0.4, -0.2) is 11.5 Å². The van der Waals surface area contributed by atoms with E-state index in [4.69, 9.17) is 16.3 Å². The van der Waals surface area contributed by atoms with Crippen molar-refractivity contribution in [2.45, 2.75) is 56.9 Å². The molecule has 2 atom stereocenters. The molecule has 0 aliphatic heterocycles. The molecule has 1 spiro atoms. The summed E-state index contributed by atoms with van der Waals surface area (Å²) in [4.78, 5) is 0. The van der Waals surface area contributed by atoms with E-state index in [0.29, 0.717) is 11.5 Å². The van der Waals surface area contributed by atoms with Gasteiger partial charge in [0.05, 0.1) is 0 Å². The smallest absolute Gasteiger partial charge is 0.122 e. The Hall–Kier alpha value is -0.690. The molecule has 1 aromatic rings. The summed E-state index contributed by atoms with van der Waals surface area (Å²) in [6.07, 6.45) is 7.84. The van der Waals surface area contributed by atoms with E-state index in [-0.39, 0.29) is 5.41 Å². The first-order valence-corrected chi connectivity index (χ1v) is 7.52. The molecule has 0 aromatic heterocycles. The van der Waals surface area contributed by atoms with Gasteiger partial charge in [-0.25, -0.2) is 0 Å². The topological polar surface area (TPSA) is 9.23 Å². The summed E-state index contributed by atoms with van der Waals surface area (Å²) in [7, 11) is 0. The van der Waals surface area contributed by atoms with Gasteiger partial charge in [0.25, 0.3) is 0 Å². The maximum absolute atomic E-state index is 6.51. The van der Waals surface area contributed by atoms with Crippen molar-refractivity contribution in [3.05, 3.63) is 29.8 Å². The molecule has 2 saturated carbocycles. The molecule has 2 fully saturated rings. The van der Waals surface area contributed by atoms with E-state index < -0.39 is 0 Å². The molecule has 2 unspecified atom stereocenters. The minimum atomic E-state index is 0.266. The zero-order valence-electron chi connectivity index (χ0n) is 11.0. The summed E-state index contributed by atoms with van der Waals surface area (Å²) in [5.41, 5.74) is 1.49. The van der Waals surface area contributed by atoms with Crippen LogP contribution in [0.25, 0.3) is 0 Å². The van der Waals surface area contributed by atoms with Crippen LogP contribution in [0.2, 0.25) is 0 Å². The van der Waals surface area contributed by atoms with Gasteiger partial charge >= 0.3 is 0 Å². The van der Waals surface area contributed by atoms with E-state index in [9.17, 15) is 0 Å². The van der Waals surface area contributed by atoms with Crippen LogP contribution >= 0.6 is 11.6 Å². The lowest BCUT2D eigenvalue weighted by Crippen LogP contribution is -2.58. The average molecular weight is 265 g/mol. The molecular weight excluding hydrogens is 244 g/mol. The van der Waals surface area contributed by atoms with Gasteiger partial charge in [-0.1, -0.05) is 37.5 Å². The van der Waals surface area contributed by atoms with Crippen molar-refractivity contribution in [1.82, 2.24) is 0 Å². The average Bonchev–Trinajstić information content (AvgIpc) is 2.41. The number of aryl methyl sites for hydroxylation is 1. The highest BCUT2D eigenvalue weighted by molar-refractivity contribution is 6.21. The third kappa shape index (κ3) is 1.93. The molecule has 0 heterocycles. The molecule has 98 valence electrons. The van der Waals surface area contributed by atoms with Crippen LogP contribution in [0, 0.1) is 12.3 Å². The van der Waals surface area contributed by atoms with Crippen molar-refractivity contribution in [2.24, 2.45) is 5.41 Å². The molecule has 1 aromatic carbocycles. The van der Waals surface area contributed by atoms with Crippen molar-refractivity contribution in [1.29, 1.82) is 0 Å². The van der Waals surface area contributed by atoms with Crippen LogP contribution < -0.4 is 4.74 Å². The zero-order chi connectivity index (χ0) is 12.6. The first-order valence-electron chi connectivity index (χ1n) is 7.09. The summed E-state index contributed by atoms with van der Waals surface area (Å²) in [6, 6.07) is 8.30. The number of hydrogen-bond donors (Lipinski definition) is 0. The Kier molecular flexibility index (Phi) is 3.27. The molecular formula is C16H21ClO. The molecule has 2 aliphatic rings. The summed E-state index contributed by atoms with van der Waals surface area (Å²) >= 11 is 6.51. The highest BCUT2D eigenvalue weighted by Crippen LogP contribution is 2.55. The molecule has 2 heteroatoms. The fourth-order valence-electron chi connectivity index (χ4n) is 3.55. The second-order valence-electron chi connectivity index (χ2n) is 5.87. The second kappa shape index (κ2) is 4.77. The maximum Gasteiger partial charge on any atom is 0.122 e. The molecule has 1 nitrogen and oxygen atoms in total. The lowest BCUT2D eigenvalue weighted by Gasteiger charge is -2.55. The molecule has 0 saturated heterocycles. The summed E-state index contributed by atoms with van der Waals surface area (Å²) < 4.78 is 6.26. The van der Waals surface area contributed by atoms with Crippen molar-refractivity contribution in [3.8, 4) is 5.75 Å². The SMILES string of the molecule is Cc1ccccc1OC1CC(Cl)C12CCCCC2. The Labute approximate surface area is 114 Å². The summed E-state index contributed by atoms with van der Waals surface area (Å²) in [5.74, 6) is 1.04. The highest BCUT2D eigenvalue weighted by Gasteiger charge is 2.55.